The molecule has 0 aromatic heterocycles. The second kappa shape index (κ2) is 67.3. The molecular formula is C75H118O6. The van der Waals surface area contributed by atoms with E-state index in [0.717, 1.165) is 154 Å². The lowest BCUT2D eigenvalue weighted by molar-refractivity contribution is -0.167. The van der Waals surface area contributed by atoms with Gasteiger partial charge in [0, 0.05) is 19.3 Å². The molecular weight excluding hydrogens is 997 g/mol. The Balaban J connectivity index is 4.50. The lowest BCUT2D eigenvalue weighted by Gasteiger charge is -2.18. The van der Waals surface area contributed by atoms with Gasteiger partial charge >= 0.3 is 17.9 Å². The minimum absolute atomic E-state index is 0.110. The number of hydrogen-bond donors (Lipinski definition) is 0. The van der Waals surface area contributed by atoms with Gasteiger partial charge in [0.05, 0.1) is 0 Å². The summed E-state index contributed by atoms with van der Waals surface area (Å²) in [7, 11) is 0. The van der Waals surface area contributed by atoms with Crippen LogP contribution in [0.1, 0.15) is 265 Å². The van der Waals surface area contributed by atoms with Gasteiger partial charge in [-0.15, -0.1) is 0 Å². The standard InChI is InChI=1S/C75H118O6/c1-4-7-10-13-16-19-22-25-28-31-33-35-36-37-38-40-41-44-47-50-53-56-59-62-65-68-74(77)80-71-72(70-79-73(76)67-64-61-58-55-52-49-46-43-30-27-24-21-18-15-12-9-6-3)81-75(78)69-66-63-60-57-54-51-48-45-42-39-34-32-29-26-23-20-17-14-11-8-5-2/h7-12,16-21,25-30,33-35,37-39,45,48,54,57,72H,4-6,13-15,22-24,31-32,36,40-44,46-47,49-53,55-56,58-71H2,1-3H3/b10-7-,11-8-,12-9-,19-16-,20-17-,21-18-,28-25-,29-26-,30-27-,35-33-,38-37-,39-34-,48-45-,57-54-. The number of unbranched alkanes of at least 4 members (excludes halogenated alkanes) is 18. The molecule has 454 valence electrons. The van der Waals surface area contributed by atoms with Crippen LogP contribution >= 0.6 is 0 Å². The van der Waals surface area contributed by atoms with E-state index in [-0.39, 0.29) is 37.5 Å². The molecule has 0 saturated carbocycles. The molecule has 0 spiro atoms. The van der Waals surface area contributed by atoms with Crippen LogP contribution in [0.25, 0.3) is 0 Å². The number of esters is 3. The minimum Gasteiger partial charge on any atom is -0.462 e. The van der Waals surface area contributed by atoms with Crippen molar-refractivity contribution < 1.29 is 28.6 Å². The van der Waals surface area contributed by atoms with Crippen LogP contribution in [0, 0.1) is 0 Å². The third-order valence-electron chi connectivity index (χ3n) is 13.2. The Morgan fingerprint density at radius 1 is 0.247 bits per heavy atom. The maximum atomic E-state index is 12.9. The quantitative estimate of drug-likeness (QED) is 0.0261. The van der Waals surface area contributed by atoms with Gasteiger partial charge in [0.1, 0.15) is 13.2 Å². The molecule has 1 atom stereocenters. The smallest absolute Gasteiger partial charge is 0.306 e. The highest BCUT2D eigenvalue weighted by Crippen LogP contribution is 2.15. The van der Waals surface area contributed by atoms with Crippen LogP contribution in [-0.2, 0) is 28.6 Å². The Morgan fingerprint density at radius 2 is 0.444 bits per heavy atom. The topological polar surface area (TPSA) is 78.9 Å². The van der Waals surface area contributed by atoms with Crippen molar-refractivity contribution >= 4 is 17.9 Å². The van der Waals surface area contributed by atoms with E-state index in [1.54, 1.807) is 0 Å². The highest BCUT2D eigenvalue weighted by atomic mass is 16.6. The zero-order valence-electron chi connectivity index (χ0n) is 52.0. The summed E-state index contributed by atoms with van der Waals surface area (Å²) < 4.78 is 16.9. The SMILES string of the molecule is CC/C=C\C/C=C\C/C=C\C/C=C\C/C=C\C/C=C\CCCCC(=O)OC(COC(=O)CCCCCCCCC/C=C\C/C=C\C/C=C\CC)COC(=O)CCCCCCCCCCC/C=C\C/C=C\C/C=C\C/C=C\C/C=C\CC. The van der Waals surface area contributed by atoms with Crippen molar-refractivity contribution in [3.8, 4) is 0 Å². The van der Waals surface area contributed by atoms with E-state index in [1.165, 1.54) is 64.2 Å². The van der Waals surface area contributed by atoms with Gasteiger partial charge in [-0.1, -0.05) is 268 Å². The van der Waals surface area contributed by atoms with Crippen molar-refractivity contribution in [3.05, 3.63) is 170 Å². The first-order valence-electron chi connectivity index (χ1n) is 32.6. The van der Waals surface area contributed by atoms with Crippen molar-refractivity contribution in [3.63, 3.8) is 0 Å². The summed E-state index contributed by atoms with van der Waals surface area (Å²) >= 11 is 0. The van der Waals surface area contributed by atoms with Gasteiger partial charge in [-0.2, -0.15) is 0 Å². The predicted octanol–water partition coefficient (Wildman–Crippen LogP) is 22.7. The second-order valence-electron chi connectivity index (χ2n) is 20.9. The molecule has 0 heterocycles. The zero-order valence-corrected chi connectivity index (χ0v) is 52.0. The largest absolute Gasteiger partial charge is 0.462 e. The maximum absolute atomic E-state index is 12.9. The number of hydrogen-bond acceptors (Lipinski definition) is 6. The molecule has 1 unspecified atom stereocenters. The summed E-state index contributed by atoms with van der Waals surface area (Å²) in [5.74, 6) is -0.972. The van der Waals surface area contributed by atoms with Crippen LogP contribution in [0.4, 0.5) is 0 Å². The summed E-state index contributed by atoms with van der Waals surface area (Å²) in [5, 5.41) is 0. The Hall–Kier alpha value is -5.23. The third-order valence-corrected chi connectivity index (χ3v) is 13.2. The molecule has 0 aliphatic carbocycles. The molecule has 0 radical (unpaired) electrons. The van der Waals surface area contributed by atoms with Crippen LogP contribution < -0.4 is 0 Å². The number of carbonyl (C=O) groups is 3. The molecule has 0 rings (SSSR count). The van der Waals surface area contributed by atoms with E-state index in [1.807, 2.05) is 0 Å². The number of carbonyl (C=O) groups excluding carboxylic acids is 3. The van der Waals surface area contributed by atoms with Crippen LogP contribution in [0.2, 0.25) is 0 Å². The van der Waals surface area contributed by atoms with Gasteiger partial charge in [0.25, 0.3) is 0 Å². The fourth-order valence-electron chi connectivity index (χ4n) is 8.43. The fraction of sp³-hybridized carbons (Fsp3) is 0.587. The van der Waals surface area contributed by atoms with Gasteiger partial charge in [0.15, 0.2) is 6.10 Å². The Labute approximate surface area is 498 Å². The molecule has 0 aromatic carbocycles. The number of ether oxygens (including phenoxy) is 3. The van der Waals surface area contributed by atoms with Crippen molar-refractivity contribution in [1.82, 2.24) is 0 Å². The molecule has 0 aromatic rings. The molecule has 0 amide bonds. The van der Waals surface area contributed by atoms with Crippen molar-refractivity contribution in [2.45, 2.75) is 271 Å². The van der Waals surface area contributed by atoms with Gasteiger partial charge in [-0.25, -0.2) is 0 Å². The lowest BCUT2D eigenvalue weighted by Crippen LogP contribution is -2.30. The molecule has 0 saturated heterocycles. The Morgan fingerprint density at radius 3 is 0.716 bits per heavy atom. The van der Waals surface area contributed by atoms with Crippen LogP contribution in [0.15, 0.2) is 170 Å². The van der Waals surface area contributed by atoms with Crippen LogP contribution in [0.5, 0.6) is 0 Å². The number of rotatable bonds is 57. The third kappa shape index (κ3) is 65.5. The fourth-order valence-corrected chi connectivity index (χ4v) is 8.43. The zero-order chi connectivity index (χ0) is 58.5. The maximum Gasteiger partial charge on any atom is 0.306 e. The van der Waals surface area contributed by atoms with E-state index in [0.29, 0.717) is 19.3 Å². The summed E-state index contributed by atoms with van der Waals surface area (Å²) in [6.07, 6.45) is 99.3. The molecule has 0 bridgehead atoms. The van der Waals surface area contributed by atoms with E-state index < -0.39 is 6.10 Å². The van der Waals surface area contributed by atoms with Crippen LogP contribution in [0.3, 0.4) is 0 Å². The summed E-state index contributed by atoms with van der Waals surface area (Å²) in [6, 6.07) is 0. The number of allylic oxidation sites excluding steroid dienone is 28. The predicted molar refractivity (Wildman–Crippen MR) is 352 cm³/mol. The molecule has 0 N–H and O–H groups in total. The summed E-state index contributed by atoms with van der Waals surface area (Å²) in [6.45, 7) is 6.25. The van der Waals surface area contributed by atoms with E-state index in [9.17, 15) is 14.4 Å². The van der Waals surface area contributed by atoms with Gasteiger partial charge < -0.3 is 14.2 Å². The second-order valence-corrected chi connectivity index (χ2v) is 20.9. The van der Waals surface area contributed by atoms with Gasteiger partial charge in [0.2, 0.25) is 0 Å². The van der Waals surface area contributed by atoms with E-state index >= 15 is 0 Å². The molecule has 0 aliphatic heterocycles. The average Bonchev–Trinajstić information content (AvgIpc) is 3.47. The first-order valence-corrected chi connectivity index (χ1v) is 32.6. The lowest BCUT2D eigenvalue weighted by atomic mass is 10.1. The first kappa shape index (κ1) is 75.8. The normalized spacial score (nSPS) is 13.3. The molecule has 0 aliphatic rings. The van der Waals surface area contributed by atoms with Crippen LogP contribution in [-0.4, -0.2) is 37.2 Å². The monoisotopic (exact) mass is 1110 g/mol. The highest BCUT2D eigenvalue weighted by molar-refractivity contribution is 5.71. The van der Waals surface area contributed by atoms with Gasteiger partial charge in [-0.3, -0.25) is 14.4 Å². The van der Waals surface area contributed by atoms with Gasteiger partial charge in [-0.05, 0) is 148 Å². The first-order chi connectivity index (χ1) is 40.0. The van der Waals surface area contributed by atoms with Crippen molar-refractivity contribution in [2.24, 2.45) is 0 Å². The average molecular weight is 1120 g/mol. The van der Waals surface area contributed by atoms with Crippen molar-refractivity contribution in [1.29, 1.82) is 0 Å². The van der Waals surface area contributed by atoms with E-state index in [2.05, 4.69) is 191 Å². The molecule has 6 heteroatoms. The molecule has 81 heavy (non-hydrogen) atoms. The highest BCUT2D eigenvalue weighted by Gasteiger charge is 2.19. The molecule has 0 fully saturated rings. The van der Waals surface area contributed by atoms with Crippen molar-refractivity contribution in [2.75, 3.05) is 13.2 Å². The van der Waals surface area contributed by atoms with E-state index in [4.69, 9.17) is 14.2 Å². The Kier molecular flexibility index (Phi) is 62.9. The summed E-state index contributed by atoms with van der Waals surface area (Å²) in [5.41, 5.74) is 0. The summed E-state index contributed by atoms with van der Waals surface area (Å²) in [4.78, 5) is 38.4. The molecule has 6 nitrogen and oxygen atoms in total. The Bertz CT molecular complexity index is 1860. The minimum atomic E-state index is -0.819.